The van der Waals surface area contributed by atoms with Crippen molar-refractivity contribution in [3.63, 3.8) is 0 Å². The highest BCUT2D eigenvalue weighted by Gasteiger charge is 2.24. The number of morpholine rings is 1. The summed E-state index contributed by atoms with van der Waals surface area (Å²) in [5, 5.41) is 0. The minimum absolute atomic E-state index is 0.0562. The minimum Gasteiger partial charge on any atom is -0.466 e. The molecule has 0 spiro atoms. The summed E-state index contributed by atoms with van der Waals surface area (Å²) in [6.45, 7) is 7.57. The lowest BCUT2D eigenvalue weighted by Gasteiger charge is -2.37. The van der Waals surface area contributed by atoms with Gasteiger partial charge in [0.05, 0.1) is 33.4 Å². The number of quaternary nitrogens is 1. The van der Waals surface area contributed by atoms with E-state index >= 15 is 0 Å². The highest BCUT2D eigenvalue weighted by atomic mass is 16.5. The fraction of sp³-hybridized carbons (Fsp3) is 0.923. The first kappa shape index (κ1) is 14.5. The third-order valence-electron chi connectivity index (χ3n) is 3.44. The lowest BCUT2D eigenvalue weighted by Crippen LogP contribution is -2.52. The molecule has 0 radical (unpaired) electrons. The summed E-state index contributed by atoms with van der Waals surface area (Å²) in [5.41, 5.74) is 0. The Morgan fingerprint density at radius 3 is 2.59 bits per heavy atom. The van der Waals surface area contributed by atoms with Crippen LogP contribution >= 0.6 is 0 Å². The van der Waals surface area contributed by atoms with E-state index in [1.807, 2.05) is 6.92 Å². The fourth-order valence-electron chi connectivity index (χ4n) is 2.18. The number of likely N-dealkylation sites (N-methyl/N-ethyl adjacent to an activating group) is 1. The lowest BCUT2D eigenvalue weighted by molar-refractivity contribution is -0.917. The summed E-state index contributed by atoms with van der Waals surface area (Å²) in [5.74, 6) is -0.0562. The Morgan fingerprint density at radius 2 is 1.94 bits per heavy atom. The van der Waals surface area contributed by atoms with Crippen LogP contribution in [0, 0.1) is 0 Å². The second-order valence-electron chi connectivity index (χ2n) is 5.02. The maximum atomic E-state index is 11.1. The van der Waals surface area contributed by atoms with Crippen molar-refractivity contribution in [3.05, 3.63) is 0 Å². The van der Waals surface area contributed by atoms with Crippen molar-refractivity contribution in [1.82, 2.24) is 0 Å². The molecule has 0 aromatic carbocycles. The van der Waals surface area contributed by atoms with Gasteiger partial charge in [-0.1, -0.05) is 0 Å². The molecule has 0 bridgehead atoms. The molecule has 0 saturated carbocycles. The Balaban J connectivity index is 2.01. The van der Waals surface area contributed by atoms with Gasteiger partial charge in [-0.3, -0.25) is 4.79 Å². The Kier molecular flexibility index (Phi) is 6.52. The predicted molar refractivity (Wildman–Crippen MR) is 66.7 cm³/mol. The number of esters is 1. The molecule has 1 heterocycles. The van der Waals surface area contributed by atoms with E-state index in [1.54, 1.807) is 0 Å². The van der Waals surface area contributed by atoms with Gasteiger partial charge in [-0.25, -0.2) is 0 Å². The summed E-state index contributed by atoms with van der Waals surface area (Å²) in [4.78, 5) is 11.1. The van der Waals surface area contributed by atoms with Gasteiger partial charge in [0.2, 0.25) is 0 Å². The average molecular weight is 244 g/mol. The maximum Gasteiger partial charge on any atom is 0.305 e. The highest BCUT2D eigenvalue weighted by molar-refractivity contribution is 5.69. The van der Waals surface area contributed by atoms with Crippen LogP contribution in [0.4, 0.5) is 0 Å². The number of carbonyl (C=O) groups is 1. The molecular weight excluding hydrogens is 218 g/mol. The van der Waals surface area contributed by atoms with Crippen LogP contribution in [0.2, 0.25) is 0 Å². The van der Waals surface area contributed by atoms with E-state index in [4.69, 9.17) is 9.47 Å². The smallest absolute Gasteiger partial charge is 0.305 e. The summed E-state index contributed by atoms with van der Waals surface area (Å²) in [6.07, 6.45) is 3.83. The van der Waals surface area contributed by atoms with Crippen molar-refractivity contribution in [2.75, 3.05) is 46.5 Å². The summed E-state index contributed by atoms with van der Waals surface area (Å²) >= 11 is 0. The van der Waals surface area contributed by atoms with Gasteiger partial charge in [-0.2, -0.15) is 0 Å². The maximum absolute atomic E-state index is 11.1. The molecule has 4 nitrogen and oxygen atoms in total. The van der Waals surface area contributed by atoms with E-state index in [0.29, 0.717) is 13.0 Å². The van der Waals surface area contributed by atoms with E-state index < -0.39 is 0 Å². The summed E-state index contributed by atoms with van der Waals surface area (Å²) in [7, 11) is 2.30. The molecule has 100 valence electrons. The number of rotatable bonds is 7. The first-order valence-electron chi connectivity index (χ1n) is 6.73. The number of carbonyl (C=O) groups excluding carboxylic acids is 1. The molecule has 0 N–H and O–H groups in total. The Morgan fingerprint density at radius 1 is 1.24 bits per heavy atom. The zero-order chi connectivity index (χ0) is 12.6. The molecule has 1 aliphatic rings. The molecule has 0 unspecified atom stereocenters. The third kappa shape index (κ3) is 6.03. The molecule has 17 heavy (non-hydrogen) atoms. The van der Waals surface area contributed by atoms with Gasteiger partial charge < -0.3 is 14.0 Å². The number of hydrogen-bond acceptors (Lipinski definition) is 3. The van der Waals surface area contributed by atoms with Gasteiger partial charge in [0.25, 0.3) is 0 Å². The minimum atomic E-state index is -0.0562. The van der Waals surface area contributed by atoms with Gasteiger partial charge in [-0.05, 0) is 26.2 Å². The number of hydrogen-bond donors (Lipinski definition) is 0. The fourth-order valence-corrected chi connectivity index (χ4v) is 2.18. The molecule has 0 aromatic rings. The van der Waals surface area contributed by atoms with Gasteiger partial charge >= 0.3 is 5.97 Å². The van der Waals surface area contributed by atoms with E-state index in [0.717, 1.165) is 43.6 Å². The molecule has 1 aliphatic heterocycles. The van der Waals surface area contributed by atoms with Gasteiger partial charge in [-0.15, -0.1) is 0 Å². The second-order valence-corrected chi connectivity index (χ2v) is 5.02. The highest BCUT2D eigenvalue weighted by Crippen LogP contribution is 2.11. The van der Waals surface area contributed by atoms with E-state index in [9.17, 15) is 4.79 Å². The molecule has 0 amide bonds. The molecule has 0 aliphatic carbocycles. The van der Waals surface area contributed by atoms with Crippen molar-refractivity contribution >= 4 is 5.97 Å². The largest absolute Gasteiger partial charge is 0.466 e. The van der Waals surface area contributed by atoms with Gasteiger partial charge in [0, 0.05) is 6.42 Å². The predicted octanol–water partition coefficient (Wildman–Crippen LogP) is 1.59. The van der Waals surface area contributed by atoms with Crippen molar-refractivity contribution in [3.8, 4) is 0 Å². The van der Waals surface area contributed by atoms with Crippen LogP contribution in [-0.4, -0.2) is 57.0 Å². The number of nitrogens with zero attached hydrogens (tertiary/aromatic N) is 1. The Labute approximate surface area is 104 Å². The van der Waals surface area contributed by atoms with Gasteiger partial charge in [0.1, 0.15) is 13.1 Å². The standard InChI is InChI=1S/C13H26NO3/c1-3-17-13(15)7-5-4-6-8-14(2)9-11-16-12-10-14/h3-12H2,1-2H3/q+1. The van der Waals surface area contributed by atoms with Crippen LogP contribution in [0.25, 0.3) is 0 Å². The molecular formula is C13H26NO3+. The van der Waals surface area contributed by atoms with Gasteiger partial charge in [0.15, 0.2) is 0 Å². The first-order valence-corrected chi connectivity index (χ1v) is 6.73. The summed E-state index contributed by atoms with van der Waals surface area (Å²) in [6, 6.07) is 0. The van der Waals surface area contributed by atoms with E-state index in [1.165, 1.54) is 13.0 Å². The zero-order valence-electron chi connectivity index (χ0n) is 11.2. The lowest BCUT2D eigenvalue weighted by atomic mass is 10.1. The van der Waals surface area contributed by atoms with E-state index in [-0.39, 0.29) is 5.97 Å². The van der Waals surface area contributed by atoms with Crippen LogP contribution in [0.15, 0.2) is 0 Å². The van der Waals surface area contributed by atoms with Crippen molar-refractivity contribution < 1.29 is 18.8 Å². The molecule has 0 atom stereocenters. The number of ether oxygens (including phenoxy) is 2. The molecule has 4 heteroatoms. The van der Waals surface area contributed by atoms with Crippen molar-refractivity contribution in [1.29, 1.82) is 0 Å². The number of unbranched alkanes of at least 4 members (excludes halogenated alkanes) is 2. The normalized spacial score (nSPS) is 18.9. The SMILES string of the molecule is CCOC(=O)CCCCC[N+]1(C)CCOCC1. The first-order chi connectivity index (χ1) is 8.16. The Bertz CT molecular complexity index is 225. The topological polar surface area (TPSA) is 35.5 Å². The second kappa shape index (κ2) is 7.67. The third-order valence-corrected chi connectivity index (χ3v) is 3.44. The molecule has 1 fully saturated rings. The van der Waals surface area contributed by atoms with Crippen molar-refractivity contribution in [2.45, 2.75) is 32.6 Å². The average Bonchev–Trinajstić information content (AvgIpc) is 2.30. The monoisotopic (exact) mass is 244 g/mol. The zero-order valence-corrected chi connectivity index (χ0v) is 11.2. The van der Waals surface area contributed by atoms with E-state index in [2.05, 4.69) is 7.05 Å². The van der Waals surface area contributed by atoms with Crippen LogP contribution < -0.4 is 0 Å². The van der Waals surface area contributed by atoms with Crippen LogP contribution in [0.5, 0.6) is 0 Å². The molecule has 1 rings (SSSR count). The molecule has 1 saturated heterocycles. The van der Waals surface area contributed by atoms with Crippen LogP contribution in [0.3, 0.4) is 0 Å². The summed E-state index contributed by atoms with van der Waals surface area (Å²) < 4.78 is 11.4. The molecule has 0 aromatic heterocycles. The van der Waals surface area contributed by atoms with Crippen LogP contribution in [0.1, 0.15) is 32.6 Å². The van der Waals surface area contributed by atoms with Crippen molar-refractivity contribution in [2.24, 2.45) is 0 Å². The quantitative estimate of drug-likeness (QED) is 0.387. The Hall–Kier alpha value is -0.610. The van der Waals surface area contributed by atoms with Crippen LogP contribution in [-0.2, 0) is 14.3 Å².